The van der Waals surface area contributed by atoms with E-state index in [1.807, 2.05) is 4.90 Å². The number of carbonyl (C=O) groups excluding carboxylic acids is 1. The molecule has 1 unspecified atom stereocenters. The molecular formula is C12H15BrClNO2. The van der Waals surface area contributed by atoms with Gasteiger partial charge in [-0.25, -0.2) is 0 Å². The van der Waals surface area contributed by atoms with Crippen LogP contribution in [0.1, 0.15) is 36.2 Å². The van der Waals surface area contributed by atoms with Crippen molar-refractivity contribution in [3.05, 3.63) is 23.1 Å². The first-order valence-electron chi connectivity index (χ1n) is 5.84. The van der Waals surface area contributed by atoms with Gasteiger partial charge in [0.2, 0.25) is 0 Å². The molecule has 3 nitrogen and oxygen atoms in total. The second kappa shape index (κ2) is 5.91. The van der Waals surface area contributed by atoms with Crippen LogP contribution in [0.2, 0.25) is 5.22 Å². The minimum absolute atomic E-state index is 0.0393. The summed E-state index contributed by atoms with van der Waals surface area (Å²) in [6.07, 6.45) is 4.32. The summed E-state index contributed by atoms with van der Waals surface area (Å²) < 4.78 is 5.19. The number of furan rings is 1. The number of hydrogen-bond acceptors (Lipinski definition) is 2. The minimum Gasteiger partial charge on any atom is -0.440 e. The molecular weight excluding hydrogens is 305 g/mol. The van der Waals surface area contributed by atoms with Crippen LogP contribution in [0.15, 0.2) is 16.5 Å². The Kier molecular flexibility index (Phi) is 4.51. The van der Waals surface area contributed by atoms with Gasteiger partial charge in [0, 0.05) is 17.9 Å². The molecule has 1 amide bonds. The fourth-order valence-electron chi connectivity index (χ4n) is 2.26. The highest BCUT2D eigenvalue weighted by Crippen LogP contribution is 2.24. The van der Waals surface area contributed by atoms with Gasteiger partial charge in [0.25, 0.3) is 5.91 Å². The Labute approximate surface area is 114 Å². The summed E-state index contributed by atoms with van der Waals surface area (Å²) in [6.45, 7) is 0.814. The number of halogens is 2. The van der Waals surface area contributed by atoms with Gasteiger partial charge in [0.1, 0.15) is 0 Å². The monoisotopic (exact) mass is 319 g/mol. The van der Waals surface area contributed by atoms with Gasteiger partial charge in [-0.05, 0) is 49.4 Å². The van der Waals surface area contributed by atoms with E-state index >= 15 is 0 Å². The molecule has 0 bridgehead atoms. The molecule has 17 heavy (non-hydrogen) atoms. The smallest absolute Gasteiger partial charge is 0.289 e. The maximum Gasteiger partial charge on any atom is 0.289 e. The maximum absolute atomic E-state index is 12.3. The molecule has 0 aromatic carbocycles. The Morgan fingerprint density at radius 1 is 1.53 bits per heavy atom. The van der Waals surface area contributed by atoms with E-state index in [0.29, 0.717) is 11.8 Å². The third kappa shape index (κ3) is 3.05. The molecule has 0 radical (unpaired) electrons. The zero-order chi connectivity index (χ0) is 12.3. The van der Waals surface area contributed by atoms with Crippen LogP contribution in [0, 0.1) is 0 Å². The van der Waals surface area contributed by atoms with Gasteiger partial charge in [-0.1, -0.05) is 15.9 Å². The van der Waals surface area contributed by atoms with Crippen LogP contribution in [0.25, 0.3) is 0 Å². The Hall–Kier alpha value is -0.480. The summed E-state index contributed by atoms with van der Waals surface area (Å²) in [5, 5.41) is 1.18. The van der Waals surface area contributed by atoms with Crippen molar-refractivity contribution >= 4 is 33.4 Å². The molecule has 5 heteroatoms. The average molecular weight is 321 g/mol. The van der Waals surface area contributed by atoms with Gasteiger partial charge in [-0.2, -0.15) is 0 Å². The lowest BCUT2D eigenvalue weighted by atomic mass is 10.00. The number of rotatable bonds is 3. The van der Waals surface area contributed by atoms with Gasteiger partial charge in [-0.15, -0.1) is 0 Å². The van der Waals surface area contributed by atoms with E-state index in [9.17, 15) is 4.79 Å². The molecule has 0 N–H and O–H groups in total. The van der Waals surface area contributed by atoms with E-state index in [-0.39, 0.29) is 11.1 Å². The number of amides is 1. The number of alkyl halides is 1. The van der Waals surface area contributed by atoms with Crippen molar-refractivity contribution in [1.82, 2.24) is 4.90 Å². The molecule has 1 aromatic heterocycles. The molecule has 2 heterocycles. The lowest BCUT2D eigenvalue weighted by Crippen LogP contribution is -2.43. The predicted molar refractivity (Wildman–Crippen MR) is 70.8 cm³/mol. The molecule has 0 saturated carbocycles. The van der Waals surface area contributed by atoms with Crippen molar-refractivity contribution in [1.29, 1.82) is 0 Å². The topological polar surface area (TPSA) is 33.5 Å². The van der Waals surface area contributed by atoms with Crippen molar-refractivity contribution in [2.75, 3.05) is 11.9 Å². The highest BCUT2D eigenvalue weighted by molar-refractivity contribution is 9.09. The molecule has 1 aromatic rings. The van der Waals surface area contributed by atoms with Crippen LogP contribution in [0.5, 0.6) is 0 Å². The SMILES string of the molecule is O=C(c1ccc(Cl)o1)N1CCCCC1CCBr. The van der Waals surface area contributed by atoms with Crippen LogP contribution in [0.4, 0.5) is 0 Å². The normalized spacial score (nSPS) is 20.6. The van der Waals surface area contributed by atoms with Crippen molar-refractivity contribution in [3.8, 4) is 0 Å². The quantitative estimate of drug-likeness (QED) is 0.795. The average Bonchev–Trinajstić information content (AvgIpc) is 2.76. The number of piperidine rings is 1. The molecule has 94 valence electrons. The summed E-state index contributed by atoms with van der Waals surface area (Å²) >= 11 is 9.14. The first-order valence-corrected chi connectivity index (χ1v) is 7.34. The van der Waals surface area contributed by atoms with Crippen molar-refractivity contribution in [2.24, 2.45) is 0 Å². The van der Waals surface area contributed by atoms with Crippen LogP contribution in [-0.4, -0.2) is 28.7 Å². The van der Waals surface area contributed by atoms with Crippen LogP contribution < -0.4 is 0 Å². The van der Waals surface area contributed by atoms with Gasteiger partial charge in [-0.3, -0.25) is 4.79 Å². The first-order chi connectivity index (χ1) is 8.22. The molecule has 0 aliphatic carbocycles. The Bertz CT molecular complexity index is 392. The summed E-state index contributed by atoms with van der Waals surface area (Å²) in [4.78, 5) is 14.2. The first kappa shape index (κ1) is 13.0. The van der Waals surface area contributed by atoms with E-state index in [1.54, 1.807) is 12.1 Å². The number of likely N-dealkylation sites (tertiary alicyclic amines) is 1. The Balaban J connectivity index is 2.10. The highest BCUT2D eigenvalue weighted by Gasteiger charge is 2.28. The molecule has 1 saturated heterocycles. The molecule has 1 aliphatic rings. The van der Waals surface area contributed by atoms with Gasteiger partial charge >= 0.3 is 0 Å². The largest absolute Gasteiger partial charge is 0.440 e. The minimum atomic E-state index is -0.0393. The zero-order valence-corrected chi connectivity index (χ0v) is 11.8. The Morgan fingerprint density at radius 3 is 3.00 bits per heavy atom. The number of hydrogen-bond donors (Lipinski definition) is 0. The molecule has 1 fully saturated rings. The number of nitrogens with zero attached hydrogens (tertiary/aromatic N) is 1. The molecule has 1 aliphatic heterocycles. The summed E-state index contributed by atoms with van der Waals surface area (Å²) in [6, 6.07) is 3.57. The third-order valence-electron chi connectivity index (χ3n) is 3.11. The predicted octanol–water partition coefficient (Wildman–Crippen LogP) is 3.71. The summed E-state index contributed by atoms with van der Waals surface area (Å²) in [7, 11) is 0. The van der Waals surface area contributed by atoms with Crippen LogP contribution in [0.3, 0.4) is 0 Å². The standard InChI is InChI=1S/C12H15BrClNO2/c13-7-6-9-3-1-2-8-15(9)12(16)10-4-5-11(14)17-10/h4-5,9H,1-3,6-8H2. The van der Waals surface area contributed by atoms with Crippen LogP contribution >= 0.6 is 27.5 Å². The maximum atomic E-state index is 12.3. The third-order valence-corrected chi connectivity index (χ3v) is 3.78. The van der Waals surface area contributed by atoms with E-state index in [0.717, 1.165) is 31.1 Å². The van der Waals surface area contributed by atoms with Crippen LogP contribution in [-0.2, 0) is 0 Å². The van der Waals surface area contributed by atoms with E-state index < -0.39 is 0 Å². The fourth-order valence-corrected chi connectivity index (χ4v) is 2.94. The van der Waals surface area contributed by atoms with Gasteiger partial charge in [0.05, 0.1) is 0 Å². The van der Waals surface area contributed by atoms with Gasteiger partial charge in [0.15, 0.2) is 11.0 Å². The second-order valence-electron chi connectivity index (χ2n) is 4.23. The summed E-state index contributed by atoms with van der Waals surface area (Å²) in [5.74, 6) is 0.305. The van der Waals surface area contributed by atoms with Gasteiger partial charge < -0.3 is 9.32 Å². The number of carbonyl (C=O) groups is 1. The zero-order valence-electron chi connectivity index (χ0n) is 9.49. The lowest BCUT2D eigenvalue weighted by molar-refractivity contribution is 0.0577. The van der Waals surface area contributed by atoms with Crippen molar-refractivity contribution < 1.29 is 9.21 Å². The van der Waals surface area contributed by atoms with Crippen molar-refractivity contribution in [3.63, 3.8) is 0 Å². The Morgan fingerprint density at radius 2 is 2.35 bits per heavy atom. The highest BCUT2D eigenvalue weighted by atomic mass is 79.9. The van der Waals surface area contributed by atoms with E-state index in [1.165, 1.54) is 6.42 Å². The summed E-state index contributed by atoms with van der Waals surface area (Å²) in [5.41, 5.74) is 0. The molecule has 1 atom stereocenters. The fraction of sp³-hybridized carbons (Fsp3) is 0.583. The van der Waals surface area contributed by atoms with E-state index in [4.69, 9.17) is 16.0 Å². The molecule has 2 rings (SSSR count). The lowest BCUT2D eigenvalue weighted by Gasteiger charge is -2.35. The van der Waals surface area contributed by atoms with E-state index in [2.05, 4.69) is 15.9 Å². The molecule has 0 spiro atoms. The second-order valence-corrected chi connectivity index (χ2v) is 5.40. The van der Waals surface area contributed by atoms with Crippen molar-refractivity contribution in [2.45, 2.75) is 31.7 Å².